The lowest BCUT2D eigenvalue weighted by molar-refractivity contribution is -0.0452. The summed E-state index contributed by atoms with van der Waals surface area (Å²) in [4.78, 5) is 4.03. The van der Waals surface area contributed by atoms with E-state index in [9.17, 15) is 5.11 Å². The highest BCUT2D eigenvalue weighted by molar-refractivity contribution is 7.71. The first-order valence-corrected chi connectivity index (χ1v) is 5.73. The number of anilines is 1. The molecule has 0 radical (unpaired) electrons. The molecule has 0 unspecified atom stereocenters. The Bertz CT molecular complexity index is 476. The molecule has 4 N–H and O–H groups in total. The summed E-state index contributed by atoms with van der Waals surface area (Å²) in [7, 11) is 0. The Kier molecular flexibility index (Phi) is 3.43. The van der Waals surface area contributed by atoms with E-state index in [1.54, 1.807) is 10.8 Å². The summed E-state index contributed by atoms with van der Waals surface area (Å²) in [5.74, 6) is 0.392. The summed E-state index contributed by atoms with van der Waals surface area (Å²) in [6.45, 7) is 1.61. The van der Waals surface area contributed by atoms with Gasteiger partial charge in [-0.15, -0.1) is 0 Å². The van der Waals surface area contributed by atoms with Crippen LogP contribution in [0.5, 0.6) is 0 Å². The van der Waals surface area contributed by atoms with Gasteiger partial charge in [0.2, 0.25) is 4.77 Å². The van der Waals surface area contributed by atoms with Crippen LogP contribution in [0, 0.1) is 11.7 Å². The molecule has 1 aromatic rings. The highest BCUT2D eigenvalue weighted by atomic mass is 32.1. The van der Waals surface area contributed by atoms with E-state index in [0.29, 0.717) is 17.0 Å². The predicted molar refractivity (Wildman–Crippen MR) is 63.8 cm³/mol. The fourth-order valence-corrected chi connectivity index (χ4v) is 2.10. The first kappa shape index (κ1) is 12.4. The SMILES string of the molecule is Cc1cn([C@H]2C[C@H](O)[C@@H](CO)O2)c(=S)nc1N. The molecule has 1 aromatic heterocycles. The Balaban J connectivity index is 2.30. The minimum absolute atomic E-state index is 0.216. The van der Waals surface area contributed by atoms with Crippen LogP contribution >= 0.6 is 12.2 Å². The molecule has 0 saturated carbocycles. The van der Waals surface area contributed by atoms with E-state index in [2.05, 4.69) is 4.98 Å². The highest BCUT2D eigenvalue weighted by Crippen LogP contribution is 2.29. The minimum Gasteiger partial charge on any atom is -0.394 e. The maximum Gasteiger partial charge on any atom is 0.203 e. The summed E-state index contributed by atoms with van der Waals surface area (Å²) >= 11 is 5.10. The maximum atomic E-state index is 9.66. The van der Waals surface area contributed by atoms with Gasteiger partial charge in [-0.05, 0) is 19.1 Å². The Labute approximate surface area is 104 Å². The standard InChI is InChI=1S/C10H15N3O3S/c1-5-3-13(10(17)12-9(5)11)8-2-6(15)7(4-14)16-8/h3,6-8,14-15H,2,4H2,1H3,(H2,11,12,17)/t6-,7+,8+/m0/s1. The zero-order valence-electron chi connectivity index (χ0n) is 9.41. The summed E-state index contributed by atoms with van der Waals surface area (Å²) in [5.41, 5.74) is 6.44. The van der Waals surface area contributed by atoms with Gasteiger partial charge in [0.25, 0.3) is 0 Å². The molecule has 1 aliphatic rings. The van der Waals surface area contributed by atoms with Crippen molar-refractivity contribution in [2.45, 2.75) is 31.8 Å². The summed E-state index contributed by atoms with van der Waals surface area (Å²) < 4.78 is 7.46. The van der Waals surface area contributed by atoms with E-state index in [1.807, 2.05) is 6.92 Å². The number of aliphatic hydroxyl groups excluding tert-OH is 2. The number of hydrogen-bond donors (Lipinski definition) is 3. The van der Waals surface area contributed by atoms with Gasteiger partial charge in [0, 0.05) is 18.2 Å². The average molecular weight is 257 g/mol. The summed E-state index contributed by atoms with van der Waals surface area (Å²) in [6, 6.07) is 0. The number of hydrogen-bond acceptors (Lipinski definition) is 6. The quantitative estimate of drug-likeness (QED) is 0.653. The molecule has 1 saturated heterocycles. The number of aryl methyl sites for hydroxylation is 1. The van der Waals surface area contributed by atoms with Crippen LogP contribution in [0.2, 0.25) is 0 Å². The van der Waals surface area contributed by atoms with E-state index in [4.69, 9.17) is 27.8 Å². The van der Waals surface area contributed by atoms with E-state index in [0.717, 1.165) is 5.56 Å². The van der Waals surface area contributed by atoms with Crippen molar-refractivity contribution in [2.24, 2.45) is 0 Å². The van der Waals surface area contributed by atoms with Crippen LogP contribution in [-0.4, -0.2) is 38.6 Å². The average Bonchev–Trinajstić information content (AvgIpc) is 2.65. The molecule has 17 heavy (non-hydrogen) atoms. The van der Waals surface area contributed by atoms with Crippen LogP contribution in [0.15, 0.2) is 6.20 Å². The normalized spacial score (nSPS) is 28.5. The fourth-order valence-electron chi connectivity index (χ4n) is 1.84. The molecule has 0 aliphatic carbocycles. The number of nitrogens with zero attached hydrogens (tertiary/aromatic N) is 2. The molecular formula is C10H15N3O3S. The molecule has 0 amide bonds. The number of rotatable bonds is 2. The van der Waals surface area contributed by atoms with Crippen LogP contribution in [0.1, 0.15) is 18.2 Å². The molecule has 6 nitrogen and oxygen atoms in total. The zero-order valence-corrected chi connectivity index (χ0v) is 10.2. The van der Waals surface area contributed by atoms with Gasteiger partial charge < -0.3 is 20.7 Å². The zero-order chi connectivity index (χ0) is 12.6. The summed E-state index contributed by atoms with van der Waals surface area (Å²) in [5, 5.41) is 18.7. The second kappa shape index (κ2) is 4.69. The molecule has 0 bridgehead atoms. The Morgan fingerprint density at radius 3 is 3.00 bits per heavy atom. The molecule has 2 heterocycles. The van der Waals surface area contributed by atoms with Crippen LogP contribution in [-0.2, 0) is 4.74 Å². The minimum atomic E-state index is -0.690. The van der Waals surface area contributed by atoms with Crippen LogP contribution in [0.25, 0.3) is 0 Å². The number of aliphatic hydroxyl groups is 2. The van der Waals surface area contributed by atoms with Crippen LogP contribution < -0.4 is 5.73 Å². The van der Waals surface area contributed by atoms with Crippen molar-refractivity contribution < 1.29 is 14.9 Å². The molecule has 0 spiro atoms. The number of aromatic nitrogens is 2. The van der Waals surface area contributed by atoms with Crippen molar-refractivity contribution in [3.05, 3.63) is 16.5 Å². The van der Waals surface area contributed by atoms with Gasteiger partial charge in [0.05, 0.1) is 12.7 Å². The van der Waals surface area contributed by atoms with Gasteiger partial charge in [-0.25, -0.2) is 4.98 Å². The molecule has 3 atom stereocenters. The third-order valence-electron chi connectivity index (χ3n) is 2.87. The number of nitrogen functional groups attached to an aromatic ring is 1. The third kappa shape index (κ3) is 2.32. The molecule has 0 aromatic carbocycles. The van der Waals surface area contributed by atoms with Gasteiger partial charge >= 0.3 is 0 Å². The first-order valence-electron chi connectivity index (χ1n) is 5.32. The predicted octanol–water partition coefficient (Wildman–Crippen LogP) is 0.144. The van der Waals surface area contributed by atoms with Crippen molar-refractivity contribution in [3.63, 3.8) is 0 Å². The van der Waals surface area contributed by atoms with Gasteiger partial charge in [0.15, 0.2) is 0 Å². The number of ether oxygens (including phenoxy) is 1. The molecule has 1 fully saturated rings. The maximum absolute atomic E-state index is 9.66. The van der Waals surface area contributed by atoms with E-state index in [1.165, 1.54) is 0 Å². The Morgan fingerprint density at radius 2 is 2.41 bits per heavy atom. The lowest BCUT2D eigenvalue weighted by atomic mass is 10.2. The highest BCUT2D eigenvalue weighted by Gasteiger charge is 2.34. The lowest BCUT2D eigenvalue weighted by Crippen LogP contribution is -2.24. The van der Waals surface area contributed by atoms with Crippen molar-refractivity contribution in [2.75, 3.05) is 12.3 Å². The number of nitrogens with two attached hydrogens (primary N) is 1. The van der Waals surface area contributed by atoms with E-state index < -0.39 is 18.4 Å². The van der Waals surface area contributed by atoms with Crippen molar-refractivity contribution >= 4 is 18.0 Å². The molecule has 2 rings (SSSR count). The van der Waals surface area contributed by atoms with Crippen molar-refractivity contribution in [1.82, 2.24) is 9.55 Å². The lowest BCUT2D eigenvalue weighted by Gasteiger charge is -2.16. The fraction of sp³-hybridized carbons (Fsp3) is 0.600. The molecule has 94 valence electrons. The van der Waals surface area contributed by atoms with E-state index in [-0.39, 0.29) is 6.61 Å². The van der Waals surface area contributed by atoms with Crippen molar-refractivity contribution in [1.29, 1.82) is 0 Å². The van der Waals surface area contributed by atoms with Crippen LogP contribution in [0.4, 0.5) is 5.82 Å². The Hall–Kier alpha value is -1.02. The second-order valence-corrected chi connectivity index (χ2v) is 4.48. The largest absolute Gasteiger partial charge is 0.394 e. The third-order valence-corrected chi connectivity index (χ3v) is 3.17. The topological polar surface area (TPSA) is 93.5 Å². The van der Waals surface area contributed by atoms with E-state index >= 15 is 0 Å². The Morgan fingerprint density at radius 1 is 1.71 bits per heavy atom. The molecular weight excluding hydrogens is 242 g/mol. The van der Waals surface area contributed by atoms with Crippen molar-refractivity contribution in [3.8, 4) is 0 Å². The monoisotopic (exact) mass is 257 g/mol. The van der Waals surface area contributed by atoms with Crippen LogP contribution in [0.3, 0.4) is 0 Å². The molecule has 1 aliphatic heterocycles. The smallest absolute Gasteiger partial charge is 0.203 e. The second-order valence-electron chi connectivity index (χ2n) is 4.11. The molecule has 7 heteroatoms. The van der Waals surface area contributed by atoms with Gasteiger partial charge in [-0.1, -0.05) is 0 Å². The summed E-state index contributed by atoms with van der Waals surface area (Å²) in [6.07, 6.45) is 0.470. The van der Waals surface area contributed by atoms with Gasteiger partial charge in [-0.2, -0.15) is 0 Å². The van der Waals surface area contributed by atoms with Gasteiger partial charge in [-0.3, -0.25) is 4.57 Å². The van der Waals surface area contributed by atoms with Gasteiger partial charge in [0.1, 0.15) is 18.1 Å². The first-order chi connectivity index (χ1) is 8.02.